The van der Waals surface area contributed by atoms with Gasteiger partial charge in [-0.05, 0) is 30.7 Å². The predicted octanol–water partition coefficient (Wildman–Crippen LogP) is 3.48. The average molecular weight is 252 g/mol. The fraction of sp³-hybridized carbons (Fsp3) is 0.188. The van der Waals surface area contributed by atoms with Crippen molar-refractivity contribution < 1.29 is 5.11 Å². The number of phenolic OH excluding ortho intramolecular Hbond substituents is 1. The molecule has 0 saturated carbocycles. The molecular formula is C16H16N2O. The van der Waals surface area contributed by atoms with E-state index in [4.69, 9.17) is 0 Å². The Morgan fingerprint density at radius 2 is 1.89 bits per heavy atom. The summed E-state index contributed by atoms with van der Waals surface area (Å²) in [5.74, 6) is 1.24. The van der Waals surface area contributed by atoms with Gasteiger partial charge in [0.25, 0.3) is 0 Å². The van der Waals surface area contributed by atoms with Crippen LogP contribution in [0.25, 0.3) is 10.8 Å². The summed E-state index contributed by atoms with van der Waals surface area (Å²) in [6.45, 7) is 3.96. The van der Waals surface area contributed by atoms with Crippen LogP contribution in [0.2, 0.25) is 0 Å². The standard InChI is InChI=1S/C16H16N2O/c1-10-15(18-11(2)17-10)9-14-13-6-4-3-5-12(13)7-8-16(14)19/h3-8,19H,9H2,1-2H3,(H,17,18). The average Bonchev–Trinajstić information content (AvgIpc) is 2.71. The Morgan fingerprint density at radius 1 is 1.11 bits per heavy atom. The summed E-state index contributed by atoms with van der Waals surface area (Å²) in [7, 11) is 0. The molecule has 0 bridgehead atoms. The molecule has 0 fully saturated rings. The Hall–Kier alpha value is -2.29. The summed E-state index contributed by atoms with van der Waals surface area (Å²) >= 11 is 0. The number of fused-ring (bicyclic) bond motifs is 1. The van der Waals surface area contributed by atoms with Gasteiger partial charge in [-0.1, -0.05) is 30.3 Å². The largest absolute Gasteiger partial charge is 0.508 e. The molecule has 0 aliphatic carbocycles. The molecule has 0 radical (unpaired) electrons. The summed E-state index contributed by atoms with van der Waals surface area (Å²) in [6, 6.07) is 11.8. The van der Waals surface area contributed by atoms with Crippen molar-refractivity contribution in [3.63, 3.8) is 0 Å². The number of aromatic nitrogens is 2. The van der Waals surface area contributed by atoms with E-state index in [1.54, 1.807) is 6.07 Å². The molecule has 0 aliphatic heterocycles. The van der Waals surface area contributed by atoms with Crippen molar-refractivity contribution in [1.29, 1.82) is 0 Å². The maximum absolute atomic E-state index is 10.1. The van der Waals surface area contributed by atoms with Crippen LogP contribution in [0.4, 0.5) is 0 Å². The first-order valence-corrected chi connectivity index (χ1v) is 6.37. The Morgan fingerprint density at radius 3 is 2.63 bits per heavy atom. The van der Waals surface area contributed by atoms with Crippen LogP contribution in [0.3, 0.4) is 0 Å². The van der Waals surface area contributed by atoms with Crippen molar-refractivity contribution in [1.82, 2.24) is 9.97 Å². The topological polar surface area (TPSA) is 48.9 Å². The van der Waals surface area contributed by atoms with Gasteiger partial charge in [-0.25, -0.2) is 4.98 Å². The lowest BCUT2D eigenvalue weighted by Crippen LogP contribution is -1.93. The number of nitrogens with zero attached hydrogens (tertiary/aromatic N) is 1. The highest BCUT2D eigenvalue weighted by Gasteiger charge is 2.11. The van der Waals surface area contributed by atoms with Gasteiger partial charge in [0.05, 0.1) is 5.69 Å². The van der Waals surface area contributed by atoms with Gasteiger partial charge in [0.2, 0.25) is 0 Å². The summed E-state index contributed by atoms with van der Waals surface area (Å²) in [5.41, 5.74) is 2.99. The third-order valence-electron chi connectivity index (χ3n) is 3.46. The summed E-state index contributed by atoms with van der Waals surface area (Å²) in [5, 5.41) is 12.4. The number of phenols is 1. The molecule has 0 unspecified atom stereocenters. The Balaban J connectivity index is 2.14. The minimum atomic E-state index is 0.332. The number of hydrogen-bond donors (Lipinski definition) is 2. The van der Waals surface area contributed by atoms with Crippen LogP contribution < -0.4 is 0 Å². The van der Waals surface area contributed by atoms with Gasteiger partial charge in [-0.15, -0.1) is 0 Å². The van der Waals surface area contributed by atoms with Crippen LogP contribution in [0.5, 0.6) is 5.75 Å². The fourth-order valence-corrected chi connectivity index (χ4v) is 2.51. The van der Waals surface area contributed by atoms with Crippen LogP contribution >= 0.6 is 0 Å². The van der Waals surface area contributed by atoms with Crippen molar-refractivity contribution in [3.05, 3.63) is 59.2 Å². The molecule has 1 aromatic heterocycles. The highest BCUT2D eigenvalue weighted by Crippen LogP contribution is 2.29. The molecule has 0 amide bonds. The van der Waals surface area contributed by atoms with Crippen LogP contribution in [0, 0.1) is 13.8 Å². The van der Waals surface area contributed by atoms with Gasteiger partial charge in [0, 0.05) is 17.7 Å². The maximum atomic E-state index is 10.1. The van der Waals surface area contributed by atoms with Crippen molar-refractivity contribution in [2.75, 3.05) is 0 Å². The van der Waals surface area contributed by atoms with Crippen molar-refractivity contribution in [2.45, 2.75) is 20.3 Å². The molecular weight excluding hydrogens is 236 g/mol. The quantitative estimate of drug-likeness (QED) is 0.733. The molecule has 2 aromatic carbocycles. The second-order valence-electron chi connectivity index (χ2n) is 4.86. The first kappa shape index (κ1) is 11.8. The number of nitrogens with one attached hydrogen (secondary N) is 1. The highest BCUT2D eigenvalue weighted by atomic mass is 16.3. The monoisotopic (exact) mass is 252 g/mol. The molecule has 19 heavy (non-hydrogen) atoms. The Labute approximate surface area is 111 Å². The van der Waals surface area contributed by atoms with Crippen molar-refractivity contribution >= 4 is 10.8 Å². The van der Waals surface area contributed by atoms with E-state index >= 15 is 0 Å². The zero-order valence-corrected chi connectivity index (χ0v) is 11.1. The molecule has 3 heteroatoms. The van der Waals surface area contributed by atoms with Crippen LogP contribution in [-0.2, 0) is 6.42 Å². The van der Waals surface area contributed by atoms with E-state index in [0.717, 1.165) is 33.5 Å². The minimum Gasteiger partial charge on any atom is -0.508 e. The van der Waals surface area contributed by atoms with Gasteiger partial charge in [-0.3, -0.25) is 0 Å². The second-order valence-corrected chi connectivity index (χ2v) is 4.86. The fourth-order valence-electron chi connectivity index (χ4n) is 2.51. The number of H-pyrrole nitrogens is 1. The molecule has 0 atom stereocenters. The lowest BCUT2D eigenvalue weighted by atomic mass is 9.99. The number of aromatic amines is 1. The molecule has 3 aromatic rings. The minimum absolute atomic E-state index is 0.332. The number of aryl methyl sites for hydroxylation is 2. The molecule has 0 spiro atoms. The van der Waals surface area contributed by atoms with Crippen LogP contribution in [0.1, 0.15) is 22.8 Å². The zero-order valence-electron chi connectivity index (χ0n) is 11.1. The number of aromatic hydroxyl groups is 1. The first-order valence-electron chi connectivity index (χ1n) is 6.37. The Kier molecular flexibility index (Phi) is 2.75. The molecule has 1 heterocycles. The Bertz CT molecular complexity index is 744. The van der Waals surface area contributed by atoms with Crippen molar-refractivity contribution in [2.24, 2.45) is 0 Å². The van der Waals surface area contributed by atoms with Gasteiger partial charge >= 0.3 is 0 Å². The highest BCUT2D eigenvalue weighted by molar-refractivity contribution is 5.87. The number of hydrogen-bond acceptors (Lipinski definition) is 2. The van der Waals surface area contributed by atoms with E-state index in [-0.39, 0.29) is 0 Å². The van der Waals surface area contributed by atoms with Gasteiger partial charge in [0.15, 0.2) is 0 Å². The lowest BCUT2D eigenvalue weighted by molar-refractivity contribution is 0.470. The molecule has 3 nitrogen and oxygen atoms in total. The summed E-state index contributed by atoms with van der Waals surface area (Å²) in [6.07, 6.45) is 0.642. The van der Waals surface area contributed by atoms with E-state index in [2.05, 4.69) is 16.0 Å². The summed E-state index contributed by atoms with van der Waals surface area (Å²) in [4.78, 5) is 7.69. The van der Waals surface area contributed by atoms with Crippen LogP contribution in [-0.4, -0.2) is 15.1 Å². The van der Waals surface area contributed by atoms with Crippen molar-refractivity contribution in [3.8, 4) is 5.75 Å². The third kappa shape index (κ3) is 2.08. The molecule has 2 N–H and O–H groups in total. The maximum Gasteiger partial charge on any atom is 0.119 e. The van der Waals surface area contributed by atoms with E-state index in [1.807, 2.05) is 38.1 Å². The van der Waals surface area contributed by atoms with Crippen LogP contribution in [0.15, 0.2) is 36.4 Å². The lowest BCUT2D eigenvalue weighted by Gasteiger charge is -2.08. The number of imidazole rings is 1. The molecule has 96 valence electrons. The zero-order chi connectivity index (χ0) is 13.4. The normalized spacial score (nSPS) is 11.1. The van der Waals surface area contributed by atoms with E-state index in [1.165, 1.54) is 0 Å². The van der Waals surface area contributed by atoms with Gasteiger partial charge in [0.1, 0.15) is 11.6 Å². The SMILES string of the molecule is Cc1nc(Cc2c(O)ccc3ccccc23)c(C)[nH]1. The first-order chi connectivity index (χ1) is 9.15. The summed E-state index contributed by atoms with van der Waals surface area (Å²) < 4.78 is 0. The third-order valence-corrected chi connectivity index (χ3v) is 3.46. The number of rotatable bonds is 2. The number of benzene rings is 2. The molecule has 3 rings (SSSR count). The predicted molar refractivity (Wildman–Crippen MR) is 76.5 cm³/mol. The second kappa shape index (κ2) is 4.43. The van der Waals surface area contributed by atoms with E-state index in [9.17, 15) is 5.11 Å². The molecule has 0 saturated heterocycles. The van der Waals surface area contributed by atoms with E-state index < -0.39 is 0 Å². The molecule has 0 aliphatic rings. The smallest absolute Gasteiger partial charge is 0.119 e. The van der Waals surface area contributed by atoms with Gasteiger partial charge in [-0.2, -0.15) is 0 Å². The van der Waals surface area contributed by atoms with E-state index in [0.29, 0.717) is 12.2 Å². The van der Waals surface area contributed by atoms with Gasteiger partial charge < -0.3 is 10.1 Å².